The van der Waals surface area contributed by atoms with Gasteiger partial charge >= 0.3 is 0 Å². The molecule has 1 heterocycles. The summed E-state index contributed by atoms with van der Waals surface area (Å²) in [5.41, 5.74) is 5.70. The number of hydrogen-bond acceptors (Lipinski definition) is 3. The summed E-state index contributed by atoms with van der Waals surface area (Å²) in [6, 6.07) is -0.0609. The number of morpholine rings is 1. The molecule has 0 bridgehead atoms. The quantitative estimate of drug-likeness (QED) is 0.417. The average molecular weight is 243 g/mol. The highest BCUT2D eigenvalue weighted by molar-refractivity contribution is 6.26. The molecule has 1 unspecified atom stereocenters. The maximum atomic E-state index is 11.9. The Balaban J connectivity index is 2.09. The highest BCUT2D eigenvalue weighted by atomic mass is 35.5. The smallest absolute Gasteiger partial charge is 0.252 e. The van der Waals surface area contributed by atoms with E-state index in [1.807, 2.05) is 12.2 Å². The lowest BCUT2D eigenvalue weighted by Gasteiger charge is -2.36. The van der Waals surface area contributed by atoms with Gasteiger partial charge in [-0.3, -0.25) is 4.79 Å². The highest BCUT2D eigenvalue weighted by Gasteiger charge is 2.31. The van der Waals surface area contributed by atoms with Crippen LogP contribution < -0.4 is 5.73 Å². The molecule has 0 aromatic heterocycles. The summed E-state index contributed by atoms with van der Waals surface area (Å²) < 4.78 is 5.26. The zero-order chi connectivity index (χ0) is 11.8. The molecule has 5 heteroatoms. The van der Waals surface area contributed by atoms with E-state index in [0.29, 0.717) is 13.2 Å². The van der Waals surface area contributed by atoms with E-state index in [4.69, 9.17) is 22.1 Å². The molecule has 0 aromatic rings. The van der Waals surface area contributed by atoms with Crippen LogP contribution in [0.1, 0.15) is 6.92 Å². The van der Waals surface area contributed by atoms with Crippen molar-refractivity contribution in [3.05, 3.63) is 24.3 Å². The van der Waals surface area contributed by atoms with E-state index in [9.17, 15) is 4.79 Å². The molecule has 1 aliphatic carbocycles. The summed E-state index contributed by atoms with van der Waals surface area (Å²) in [7, 11) is 0. The van der Waals surface area contributed by atoms with Crippen molar-refractivity contribution in [2.75, 3.05) is 13.2 Å². The Morgan fingerprint density at radius 1 is 1.56 bits per heavy atom. The first kappa shape index (κ1) is 11.6. The minimum atomic E-state index is -0.919. The normalized spacial score (nSPS) is 39.2. The summed E-state index contributed by atoms with van der Waals surface area (Å²) in [4.78, 5) is 12.7. The second-order valence-electron chi connectivity index (χ2n) is 4.08. The van der Waals surface area contributed by atoms with Crippen LogP contribution >= 0.6 is 11.6 Å². The first-order chi connectivity index (χ1) is 7.49. The minimum absolute atomic E-state index is 0.00430. The molecular formula is C11H15ClN2O2. The van der Waals surface area contributed by atoms with E-state index < -0.39 is 5.00 Å². The van der Waals surface area contributed by atoms with Crippen LogP contribution in [-0.4, -0.2) is 41.1 Å². The fourth-order valence-corrected chi connectivity index (χ4v) is 2.00. The van der Waals surface area contributed by atoms with E-state index in [0.717, 1.165) is 0 Å². The first-order valence-corrected chi connectivity index (χ1v) is 5.66. The summed E-state index contributed by atoms with van der Waals surface area (Å²) >= 11 is 5.92. The largest absolute Gasteiger partial charge is 0.367 e. The molecular weight excluding hydrogens is 228 g/mol. The van der Waals surface area contributed by atoms with Crippen LogP contribution in [0.2, 0.25) is 0 Å². The van der Waals surface area contributed by atoms with Crippen molar-refractivity contribution < 1.29 is 9.53 Å². The van der Waals surface area contributed by atoms with Gasteiger partial charge in [-0.15, -0.1) is 0 Å². The average Bonchev–Trinajstić information content (AvgIpc) is 2.23. The number of carbonyl (C=O) groups excluding carboxylic acids is 1. The Morgan fingerprint density at radius 2 is 2.19 bits per heavy atom. The Labute approximate surface area is 99.7 Å². The molecule has 2 rings (SSSR count). The van der Waals surface area contributed by atoms with Gasteiger partial charge in [-0.25, -0.2) is 0 Å². The van der Waals surface area contributed by atoms with Crippen LogP contribution in [0.25, 0.3) is 0 Å². The third-order valence-corrected chi connectivity index (χ3v) is 3.04. The van der Waals surface area contributed by atoms with Gasteiger partial charge in [-0.05, 0) is 19.1 Å². The molecule has 1 fully saturated rings. The predicted octanol–water partition coefficient (Wildman–Crippen LogP) is 0.622. The number of nitrogens with two attached hydrogens (primary N) is 1. The molecule has 88 valence electrons. The summed E-state index contributed by atoms with van der Waals surface area (Å²) in [5.74, 6) is 0.00430. The Morgan fingerprint density at radius 3 is 2.81 bits per heavy atom. The number of alkyl halides is 1. The number of halogens is 1. The highest BCUT2D eigenvalue weighted by Crippen LogP contribution is 2.21. The topological polar surface area (TPSA) is 55.6 Å². The minimum Gasteiger partial charge on any atom is -0.367 e. The van der Waals surface area contributed by atoms with Gasteiger partial charge in [0.25, 0.3) is 5.91 Å². The number of hydrogen-bond donors (Lipinski definition) is 1. The maximum absolute atomic E-state index is 11.9. The van der Waals surface area contributed by atoms with Gasteiger partial charge in [-0.2, -0.15) is 0 Å². The molecule has 0 spiro atoms. The Bertz CT molecular complexity index is 336. The van der Waals surface area contributed by atoms with Crippen LogP contribution in [0.15, 0.2) is 24.3 Å². The molecule has 0 saturated carbocycles. The van der Waals surface area contributed by atoms with E-state index >= 15 is 0 Å². The van der Waals surface area contributed by atoms with Gasteiger partial charge < -0.3 is 15.4 Å². The monoisotopic (exact) mass is 242 g/mol. The zero-order valence-corrected chi connectivity index (χ0v) is 9.85. The molecule has 4 nitrogen and oxygen atoms in total. The molecule has 16 heavy (non-hydrogen) atoms. The number of rotatable bonds is 1. The molecule has 0 radical (unpaired) electrons. The molecule has 2 aliphatic rings. The van der Waals surface area contributed by atoms with E-state index in [1.165, 1.54) is 0 Å². The molecule has 2 N–H and O–H groups in total. The summed E-state index contributed by atoms with van der Waals surface area (Å²) in [6.45, 7) is 2.93. The molecule has 1 atom stereocenters. The van der Waals surface area contributed by atoms with Crippen LogP contribution in [0.4, 0.5) is 0 Å². The first-order valence-electron chi connectivity index (χ1n) is 5.28. The Kier molecular flexibility index (Phi) is 3.06. The van der Waals surface area contributed by atoms with Crippen molar-refractivity contribution in [3.8, 4) is 0 Å². The molecule has 1 aliphatic heterocycles. The molecule has 0 aromatic carbocycles. The van der Waals surface area contributed by atoms with Crippen molar-refractivity contribution in [3.63, 3.8) is 0 Å². The van der Waals surface area contributed by atoms with Gasteiger partial charge in [0.15, 0.2) is 0 Å². The van der Waals surface area contributed by atoms with Crippen molar-refractivity contribution in [1.82, 2.24) is 4.90 Å². The van der Waals surface area contributed by atoms with Crippen LogP contribution in [0.5, 0.6) is 0 Å². The van der Waals surface area contributed by atoms with Crippen LogP contribution in [-0.2, 0) is 9.53 Å². The fourth-order valence-electron chi connectivity index (χ4n) is 1.86. The molecule has 1 amide bonds. The maximum Gasteiger partial charge on any atom is 0.252 e. The van der Waals surface area contributed by atoms with Gasteiger partial charge in [0, 0.05) is 6.54 Å². The van der Waals surface area contributed by atoms with Gasteiger partial charge in [-0.1, -0.05) is 23.8 Å². The van der Waals surface area contributed by atoms with E-state index in [1.54, 1.807) is 24.0 Å². The third kappa shape index (κ3) is 2.29. The van der Waals surface area contributed by atoms with Crippen LogP contribution in [0, 0.1) is 0 Å². The van der Waals surface area contributed by atoms with E-state index in [2.05, 4.69) is 0 Å². The summed E-state index contributed by atoms with van der Waals surface area (Å²) in [6.07, 6.45) is 6.74. The lowest BCUT2D eigenvalue weighted by Crippen LogP contribution is -2.51. The van der Waals surface area contributed by atoms with Crippen molar-refractivity contribution in [2.24, 2.45) is 5.73 Å². The SMILES string of the molecule is CC1OCCN(C2C=CC(N)(Cl)C=C2)C1=O. The van der Waals surface area contributed by atoms with Crippen molar-refractivity contribution in [2.45, 2.75) is 24.1 Å². The number of ether oxygens (including phenoxy) is 1. The number of carbonyl (C=O) groups is 1. The third-order valence-electron chi connectivity index (χ3n) is 2.79. The van der Waals surface area contributed by atoms with Crippen molar-refractivity contribution in [1.29, 1.82) is 0 Å². The molecule has 1 saturated heterocycles. The number of amides is 1. The lowest BCUT2D eigenvalue weighted by atomic mass is 10.0. The van der Waals surface area contributed by atoms with Crippen molar-refractivity contribution >= 4 is 17.5 Å². The van der Waals surface area contributed by atoms with E-state index in [-0.39, 0.29) is 18.1 Å². The van der Waals surface area contributed by atoms with Crippen LogP contribution in [0.3, 0.4) is 0 Å². The summed E-state index contributed by atoms with van der Waals surface area (Å²) in [5, 5.41) is 0. The van der Waals surface area contributed by atoms with Gasteiger partial charge in [0.1, 0.15) is 11.1 Å². The standard InChI is InChI=1S/C11H15ClN2O2/c1-8-10(15)14(6-7-16-8)9-2-4-11(12,13)5-3-9/h2-5,8-9H,6-7,13H2,1H3. The zero-order valence-electron chi connectivity index (χ0n) is 9.10. The lowest BCUT2D eigenvalue weighted by molar-refractivity contribution is -0.152. The second-order valence-corrected chi connectivity index (χ2v) is 4.74. The fraction of sp³-hybridized carbons (Fsp3) is 0.545. The number of nitrogens with zero attached hydrogens (tertiary/aromatic N) is 1. The van der Waals surface area contributed by atoms with Gasteiger partial charge in [0.05, 0.1) is 12.6 Å². The second kappa shape index (κ2) is 4.20. The predicted molar refractivity (Wildman–Crippen MR) is 62.0 cm³/mol. The van der Waals surface area contributed by atoms with Gasteiger partial charge in [0.2, 0.25) is 0 Å². The Hall–Kier alpha value is -0.840.